The predicted molar refractivity (Wildman–Crippen MR) is 114 cm³/mol. The van der Waals surface area contributed by atoms with E-state index < -0.39 is 17.2 Å². The third-order valence-corrected chi connectivity index (χ3v) is 6.19. The lowest BCUT2D eigenvalue weighted by Gasteiger charge is -2.40. The van der Waals surface area contributed by atoms with Crippen LogP contribution >= 0.6 is 23.2 Å². The van der Waals surface area contributed by atoms with Crippen LogP contribution in [0.15, 0.2) is 24.3 Å². The molecule has 0 atom stereocenters. The second kappa shape index (κ2) is 8.21. The summed E-state index contributed by atoms with van der Waals surface area (Å²) in [5, 5.41) is 3.27. The highest BCUT2D eigenvalue weighted by atomic mass is 35.5. The van der Waals surface area contributed by atoms with E-state index in [0.29, 0.717) is 55.2 Å². The third-order valence-electron chi connectivity index (χ3n) is 5.66. The first kappa shape index (κ1) is 21.2. The van der Waals surface area contributed by atoms with Crippen molar-refractivity contribution in [1.82, 2.24) is 0 Å². The molecule has 5 nitrogen and oxygen atoms in total. The van der Waals surface area contributed by atoms with Crippen LogP contribution in [0.25, 0.3) is 0 Å². The van der Waals surface area contributed by atoms with Crippen molar-refractivity contribution in [2.75, 3.05) is 29.9 Å². The summed E-state index contributed by atoms with van der Waals surface area (Å²) in [5.41, 5.74) is 7.24. The predicted octanol–water partition coefficient (Wildman–Crippen LogP) is 4.53. The van der Waals surface area contributed by atoms with Gasteiger partial charge in [-0.25, -0.2) is 8.78 Å². The maximum atomic E-state index is 14.2. The zero-order valence-electron chi connectivity index (χ0n) is 16.1. The Bertz CT molecular complexity index is 971. The van der Waals surface area contributed by atoms with Crippen LogP contribution in [0.2, 0.25) is 10.0 Å². The number of piperidine rings is 1. The summed E-state index contributed by atoms with van der Waals surface area (Å²) in [4.78, 5) is 13.3. The molecule has 0 spiro atoms. The average molecular weight is 456 g/mol. The van der Waals surface area contributed by atoms with Crippen LogP contribution in [0.5, 0.6) is 5.75 Å². The summed E-state index contributed by atoms with van der Waals surface area (Å²) in [7, 11) is 0. The monoisotopic (exact) mass is 455 g/mol. The molecule has 4 rings (SSSR count). The van der Waals surface area contributed by atoms with E-state index in [1.807, 2.05) is 0 Å². The molecule has 0 radical (unpaired) electrons. The fraction of sp³-hybridized carbons (Fsp3) is 0.381. The van der Waals surface area contributed by atoms with Crippen molar-refractivity contribution in [2.24, 2.45) is 5.73 Å². The first-order valence-electron chi connectivity index (χ1n) is 9.68. The van der Waals surface area contributed by atoms with Crippen LogP contribution in [0.1, 0.15) is 24.8 Å². The molecule has 2 aliphatic rings. The molecule has 0 saturated carbocycles. The highest BCUT2D eigenvalue weighted by Crippen LogP contribution is 2.38. The number of carbonyl (C=O) groups excluding carboxylic acids is 1. The molecule has 2 aliphatic heterocycles. The number of amides is 1. The van der Waals surface area contributed by atoms with Crippen LogP contribution in [0, 0.1) is 11.6 Å². The average Bonchev–Trinajstić information content (AvgIpc) is 2.69. The van der Waals surface area contributed by atoms with Crippen molar-refractivity contribution in [3.63, 3.8) is 0 Å². The van der Waals surface area contributed by atoms with E-state index in [4.69, 9.17) is 33.7 Å². The molecular formula is C21H21Cl2F2N3O2. The standard InChI is InChI=1S/C21H21Cl2F2N3O2/c22-12-9-15(24)20(16(25)10-12)28-7-5-21(26,6-8-28)11-30-17-3-2-14(23)19-13(17)1-4-18(29)27-19/h2-3,9-10H,1,4-8,11,26H2,(H,27,29). The summed E-state index contributed by atoms with van der Waals surface area (Å²) < 4.78 is 34.5. The third kappa shape index (κ3) is 4.19. The molecule has 0 aromatic heterocycles. The Morgan fingerprint density at radius 3 is 2.47 bits per heavy atom. The van der Waals surface area contributed by atoms with Crippen molar-refractivity contribution >= 4 is 40.5 Å². The van der Waals surface area contributed by atoms with Crippen LogP contribution in [0.3, 0.4) is 0 Å². The number of hydrogen-bond donors (Lipinski definition) is 2. The van der Waals surface area contributed by atoms with Gasteiger partial charge in [-0.15, -0.1) is 0 Å². The first-order chi connectivity index (χ1) is 14.3. The fourth-order valence-corrected chi connectivity index (χ4v) is 4.35. The van der Waals surface area contributed by atoms with Crippen molar-refractivity contribution < 1.29 is 18.3 Å². The van der Waals surface area contributed by atoms with E-state index in [9.17, 15) is 13.6 Å². The number of nitrogens with two attached hydrogens (primary N) is 1. The molecule has 3 N–H and O–H groups in total. The van der Waals surface area contributed by atoms with Gasteiger partial charge in [0.1, 0.15) is 18.0 Å². The van der Waals surface area contributed by atoms with E-state index in [1.54, 1.807) is 17.0 Å². The zero-order valence-corrected chi connectivity index (χ0v) is 17.6. The van der Waals surface area contributed by atoms with Crippen molar-refractivity contribution in [1.29, 1.82) is 0 Å². The number of fused-ring (bicyclic) bond motifs is 1. The SMILES string of the molecule is NC1(COc2ccc(Cl)c3c2CCC(=O)N3)CCN(c2c(F)cc(Cl)cc2F)CC1. The zero-order chi connectivity index (χ0) is 21.5. The van der Waals surface area contributed by atoms with Crippen molar-refractivity contribution in [2.45, 2.75) is 31.2 Å². The number of anilines is 2. The van der Waals surface area contributed by atoms with E-state index in [0.717, 1.165) is 17.7 Å². The lowest BCUT2D eigenvalue weighted by Crippen LogP contribution is -2.54. The van der Waals surface area contributed by atoms with Gasteiger partial charge in [0.2, 0.25) is 5.91 Å². The van der Waals surface area contributed by atoms with Crippen LogP contribution < -0.4 is 20.7 Å². The Kier molecular flexibility index (Phi) is 5.79. The number of nitrogens with zero attached hydrogens (tertiary/aromatic N) is 1. The molecule has 1 amide bonds. The topological polar surface area (TPSA) is 67.6 Å². The Hall–Kier alpha value is -2.09. The van der Waals surface area contributed by atoms with Gasteiger partial charge in [0.15, 0.2) is 11.6 Å². The van der Waals surface area contributed by atoms with E-state index >= 15 is 0 Å². The highest BCUT2D eigenvalue weighted by molar-refractivity contribution is 6.34. The molecule has 0 unspecified atom stereocenters. The molecule has 1 fully saturated rings. The molecule has 2 aromatic carbocycles. The molecule has 1 saturated heterocycles. The summed E-state index contributed by atoms with van der Waals surface area (Å²) in [6, 6.07) is 5.67. The van der Waals surface area contributed by atoms with Gasteiger partial charge in [-0.05, 0) is 43.5 Å². The number of carbonyl (C=O) groups is 1. The Balaban J connectivity index is 1.43. The van der Waals surface area contributed by atoms with Gasteiger partial charge < -0.3 is 20.7 Å². The Morgan fingerprint density at radius 1 is 1.13 bits per heavy atom. The molecule has 0 aliphatic carbocycles. The minimum absolute atomic E-state index is 0.0230. The van der Waals surface area contributed by atoms with Crippen LogP contribution in [-0.2, 0) is 11.2 Å². The van der Waals surface area contributed by atoms with Gasteiger partial charge in [-0.1, -0.05) is 23.2 Å². The van der Waals surface area contributed by atoms with Crippen molar-refractivity contribution in [3.05, 3.63) is 51.5 Å². The van der Waals surface area contributed by atoms with Gasteiger partial charge >= 0.3 is 0 Å². The lowest BCUT2D eigenvalue weighted by atomic mass is 9.89. The lowest BCUT2D eigenvalue weighted by molar-refractivity contribution is -0.116. The maximum Gasteiger partial charge on any atom is 0.224 e. The number of benzene rings is 2. The summed E-state index contributed by atoms with van der Waals surface area (Å²) in [6.07, 6.45) is 1.91. The quantitative estimate of drug-likeness (QED) is 0.710. The number of ether oxygens (including phenoxy) is 1. The summed E-state index contributed by atoms with van der Waals surface area (Å²) in [6.45, 7) is 1.03. The second-order valence-corrected chi connectivity index (χ2v) is 8.65. The first-order valence-corrected chi connectivity index (χ1v) is 10.4. The minimum atomic E-state index is -0.685. The number of halogens is 4. The Morgan fingerprint density at radius 2 is 1.80 bits per heavy atom. The molecular weight excluding hydrogens is 435 g/mol. The van der Waals surface area contributed by atoms with Gasteiger partial charge in [0.25, 0.3) is 0 Å². The number of hydrogen-bond acceptors (Lipinski definition) is 4. The van der Waals surface area contributed by atoms with Gasteiger partial charge in [-0.2, -0.15) is 0 Å². The summed E-state index contributed by atoms with van der Waals surface area (Å²) >= 11 is 11.9. The molecule has 2 heterocycles. The van der Waals surface area contributed by atoms with Crippen molar-refractivity contribution in [3.8, 4) is 5.75 Å². The van der Waals surface area contributed by atoms with E-state index in [-0.39, 0.29) is 23.2 Å². The smallest absolute Gasteiger partial charge is 0.224 e. The molecule has 9 heteroatoms. The molecule has 2 aromatic rings. The maximum absolute atomic E-state index is 14.2. The van der Waals surface area contributed by atoms with Crippen LogP contribution in [0.4, 0.5) is 20.2 Å². The number of nitrogens with one attached hydrogen (secondary N) is 1. The minimum Gasteiger partial charge on any atom is -0.491 e. The molecule has 160 valence electrons. The van der Waals surface area contributed by atoms with Gasteiger partial charge in [-0.3, -0.25) is 4.79 Å². The van der Waals surface area contributed by atoms with Crippen LogP contribution in [-0.4, -0.2) is 31.1 Å². The molecule has 0 bridgehead atoms. The normalized spacial score (nSPS) is 18.0. The summed E-state index contributed by atoms with van der Waals surface area (Å²) in [5.74, 6) is -0.812. The Labute approximate surface area is 183 Å². The number of rotatable bonds is 4. The second-order valence-electron chi connectivity index (χ2n) is 7.80. The molecule has 30 heavy (non-hydrogen) atoms. The van der Waals surface area contributed by atoms with Gasteiger partial charge in [0.05, 0.1) is 16.2 Å². The highest BCUT2D eigenvalue weighted by Gasteiger charge is 2.34. The van der Waals surface area contributed by atoms with E-state index in [2.05, 4.69) is 5.32 Å². The fourth-order valence-electron chi connectivity index (χ4n) is 3.94. The van der Waals surface area contributed by atoms with E-state index in [1.165, 1.54) is 0 Å². The van der Waals surface area contributed by atoms with Gasteiger partial charge in [0, 0.05) is 30.1 Å². The largest absolute Gasteiger partial charge is 0.491 e.